The minimum absolute atomic E-state index is 0.412. The summed E-state index contributed by atoms with van der Waals surface area (Å²) in [6.07, 6.45) is 7.63. The molecule has 114 valence electrons. The first-order chi connectivity index (χ1) is 10.3. The van der Waals surface area contributed by atoms with E-state index in [0.717, 1.165) is 41.9 Å². The average Bonchev–Trinajstić information content (AvgIpc) is 2.55. The lowest BCUT2D eigenvalue weighted by Crippen LogP contribution is -2.50. The minimum atomic E-state index is -0.412. The van der Waals surface area contributed by atoms with E-state index < -0.39 is 5.41 Å². The molecular formula is C15H22N4OS. The molecule has 3 N–H and O–H groups in total. The molecule has 0 spiro atoms. The molecule has 1 atom stereocenters. The summed E-state index contributed by atoms with van der Waals surface area (Å²) in [5, 5.41) is 7.49. The zero-order chi connectivity index (χ0) is 15.1. The van der Waals surface area contributed by atoms with Crippen LogP contribution in [0.2, 0.25) is 0 Å². The fraction of sp³-hybridized carbons (Fsp3) is 0.533. The van der Waals surface area contributed by atoms with Crippen molar-refractivity contribution < 1.29 is 4.84 Å². The van der Waals surface area contributed by atoms with Crippen LogP contribution in [0, 0.1) is 0 Å². The van der Waals surface area contributed by atoms with Gasteiger partial charge in [0, 0.05) is 26.0 Å². The molecule has 5 nitrogen and oxygen atoms in total. The van der Waals surface area contributed by atoms with Gasteiger partial charge in [-0.25, -0.2) is 0 Å². The number of oxime groups is 1. The molecule has 1 aliphatic rings. The Hall–Kier alpha value is -1.53. The summed E-state index contributed by atoms with van der Waals surface area (Å²) in [6.45, 7) is 0.867. The molecule has 0 bridgehead atoms. The largest absolute Gasteiger partial charge is 0.394 e. The lowest BCUT2D eigenvalue weighted by atomic mass is 9.68. The van der Waals surface area contributed by atoms with Crippen molar-refractivity contribution in [2.45, 2.75) is 31.1 Å². The summed E-state index contributed by atoms with van der Waals surface area (Å²) in [4.78, 5) is 10.4. The number of likely N-dealkylation sites (N-methyl/N-ethyl adjacent to an activating group) is 1. The first-order valence-corrected chi connectivity index (χ1v) is 7.68. The highest BCUT2D eigenvalue weighted by atomic mass is 32.1. The Morgan fingerprint density at radius 1 is 1.57 bits per heavy atom. The Kier molecular flexibility index (Phi) is 5.64. The Balaban J connectivity index is 2.45. The zero-order valence-corrected chi connectivity index (χ0v) is 13.2. The van der Waals surface area contributed by atoms with E-state index in [-0.39, 0.29) is 0 Å². The maximum absolute atomic E-state index is 5.63. The fourth-order valence-corrected chi connectivity index (χ4v) is 3.19. The van der Waals surface area contributed by atoms with Gasteiger partial charge in [0.05, 0.1) is 16.1 Å². The van der Waals surface area contributed by atoms with Crippen molar-refractivity contribution >= 4 is 22.9 Å². The molecule has 21 heavy (non-hydrogen) atoms. The molecule has 0 saturated heterocycles. The maximum atomic E-state index is 5.63. The first kappa shape index (κ1) is 15.9. The number of hydrogen-bond donors (Lipinski definition) is 2. The number of pyridine rings is 1. The minimum Gasteiger partial charge on any atom is -0.394 e. The molecule has 0 radical (unpaired) electrons. The highest BCUT2D eigenvalue weighted by molar-refractivity contribution is 7.80. The normalized spacial score (nSPS) is 23.8. The van der Waals surface area contributed by atoms with Crippen LogP contribution < -0.4 is 11.1 Å². The number of nitrogens with two attached hydrogens (primary N) is 1. The van der Waals surface area contributed by atoms with E-state index in [1.54, 1.807) is 6.20 Å². The van der Waals surface area contributed by atoms with Crippen molar-refractivity contribution in [3.8, 4) is 0 Å². The van der Waals surface area contributed by atoms with Crippen LogP contribution in [-0.2, 0) is 10.3 Å². The van der Waals surface area contributed by atoms with E-state index in [2.05, 4.69) is 21.5 Å². The van der Waals surface area contributed by atoms with Crippen molar-refractivity contribution in [3.05, 3.63) is 30.1 Å². The van der Waals surface area contributed by atoms with E-state index in [1.165, 1.54) is 0 Å². The van der Waals surface area contributed by atoms with Gasteiger partial charge in [0.15, 0.2) is 0 Å². The third-order valence-electron chi connectivity index (χ3n) is 3.86. The third kappa shape index (κ3) is 3.22. The van der Waals surface area contributed by atoms with Gasteiger partial charge in [-0.15, -0.1) is 0 Å². The van der Waals surface area contributed by atoms with Crippen LogP contribution in [0.1, 0.15) is 31.2 Å². The quantitative estimate of drug-likeness (QED) is 0.493. The van der Waals surface area contributed by atoms with Crippen LogP contribution in [0.5, 0.6) is 0 Å². The Bertz CT molecular complexity index is 506. The summed E-state index contributed by atoms with van der Waals surface area (Å²) in [7, 11) is 1.85. The topological polar surface area (TPSA) is 72.5 Å². The molecule has 0 aromatic carbocycles. The van der Waals surface area contributed by atoms with Crippen molar-refractivity contribution in [3.63, 3.8) is 0 Å². The average molecular weight is 306 g/mol. The lowest BCUT2D eigenvalue weighted by Gasteiger charge is -2.38. The van der Waals surface area contributed by atoms with Crippen LogP contribution in [0.15, 0.2) is 29.7 Å². The second kappa shape index (κ2) is 7.47. The predicted molar refractivity (Wildman–Crippen MR) is 88.5 cm³/mol. The summed E-state index contributed by atoms with van der Waals surface area (Å²) in [5.74, 6) is 0. The van der Waals surface area contributed by atoms with Crippen LogP contribution in [-0.4, -0.2) is 35.9 Å². The van der Waals surface area contributed by atoms with Gasteiger partial charge in [0.2, 0.25) is 0 Å². The number of nitrogens with one attached hydrogen (secondary N) is 1. The fourth-order valence-electron chi connectivity index (χ4n) is 2.86. The second-order valence-electron chi connectivity index (χ2n) is 5.09. The Morgan fingerprint density at radius 3 is 3.10 bits per heavy atom. The molecule has 1 fully saturated rings. The summed E-state index contributed by atoms with van der Waals surface area (Å²) in [6, 6.07) is 3.99. The van der Waals surface area contributed by atoms with E-state index in [9.17, 15) is 0 Å². The monoisotopic (exact) mass is 306 g/mol. The lowest BCUT2D eigenvalue weighted by molar-refractivity contribution is 0.149. The Morgan fingerprint density at radius 2 is 2.43 bits per heavy atom. The molecule has 1 aliphatic carbocycles. The van der Waals surface area contributed by atoms with Crippen molar-refractivity contribution in [1.29, 1.82) is 0 Å². The van der Waals surface area contributed by atoms with Gasteiger partial charge in [0.25, 0.3) is 0 Å². The first-order valence-electron chi connectivity index (χ1n) is 7.27. The van der Waals surface area contributed by atoms with E-state index >= 15 is 0 Å². The summed E-state index contributed by atoms with van der Waals surface area (Å²) >= 11 is 5.63. The van der Waals surface area contributed by atoms with E-state index in [0.29, 0.717) is 13.2 Å². The highest BCUT2D eigenvalue weighted by Gasteiger charge is 2.44. The second-order valence-corrected chi connectivity index (χ2v) is 5.50. The molecule has 2 rings (SSSR count). The molecule has 1 aromatic rings. The van der Waals surface area contributed by atoms with Gasteiger partial charge >= 0.3 is 0 Å². The number of nitrogens with zero attached hydrogens (tertiary/aromatic N) is 2. The van der Waals surface area contributed by atoms with Gasteiger partial charge in [-0.2, -0.15) is 0 Å². The Labute approximate surface area is 131 Å². The molecule has 0 aliphatic heterocycles. The molecule has 6 heteroatoms. The third-order valence-corrected chi connectivity index (χ3v) is 4.41. The van der Waals surface area contributed by atoms with Crippen molar-refractivity contribution in [2.24, 2.45) is 10.9 Å². The molecular weight excluding hydrogens is 284 g/mol. The summed E-state index contributed by atoms with van der Waals surface area (Å²) < 4.78 is 0. The summed E-state index contributed by atoms with van der Waals surface area (Å²) in [5.41, 5.74) is 7.09. The number of aromatic nitrogens is 1. The van der Waals surface area contributed by atoms with Gasteiger partial charge in [-0.05, 0) is 30.9 Å². The van der Waals surface area contributed by atoms with E-state index in [1.807, 2.05) is 19.3 Å². The van der Waals surface area contributed by atoms with Crippen LogP contribution >= 0.6 is 12.2 Å². The number of hydrogen-bond acceptors (Lipinski definition) is 5. The number of rotatable bonds is 5. The van der Waals surface area contributed by atoms with Crippen molar-refractivity contribution in [1.82, 2.24) is 10.3 Å². The van der Waals surface area contributed by atoms with Crippen molar-refractivity contribution in [2.75, 3.05) is 20.2 Å². The smallest absolute Gasteiger partial charge is 0.129 e. The maximum Gasteiger partial charge on any atom is 0.129 e. The number of thiocarbonyl (C=S) groups is 1. The molecule has 0 amide bonds. The van der Waals surface area contributed by atoms with Crippen LogP contribution in [0.4, 0.5) is 0 Å². The SMILES string of the molecule is CNC(=S)C1(c2cccnc2)CCCCC1=NOCCN. The van der Waals surface area contributed by atoms with Gasteiger partial charge in [-0.3, -0.25) is 4.98 Å². The van der Waals surface area contributed by atoms with Crippen LogP contribution in [0.25, 0.3) is 0 Å². The van der Waals surface area contributed by atoms with Gasteiger partial charge < -0.3 is 15.9 Å². The molecule has 1 unspecified atom stereocenters. The van der Waals surface area contributed by atoms with Gasteiger partial charge in [0.1, 0.15) is 6.61 Å². The zero-order valence-electron chi connectivity index (χ0n) is 12.3. The molecule has 1 heterocycles. The van der Waals surface area contributed by atoms with Gasteiger partial charge in [-0.1, -0.05) is 29.9 Å². The van der Waals surface area contributed by atoms with Crippen LogP contribution in [0.3, 0.4) is 0 Å². The standard InChI is InChI=1S/C15H22N4OS/c1-17-14(21)15(12-5-4-9-18-11-12)7-3-2-6-13(15)19-20-10-8-16/h4-5,9,11H,2-3,6-8,10,16H2,1H3,(H,17,21). The molecule has 1 saturated carbocycles. The predicted octanol–water partition coefficient (Wildman–Crippen LogP) is 1.77. The molecule has 1 aromatic heterocycles. The van der Waals surface area contributed by atoms with E-state index in [4.69, 9.17) is 22.8 Å². The highest BCUT2D eigenvalue weighted by Crippen LogP contribution is 2.38.